The maximum Gasteiger partial charge on any atom is 0.340 e. The van der Waals surface area contributed by atoms with Gasteiger partial charge in [-0.25, -0.2) is 30.0 Å². The van der Waals surface area contributed by atoms with Crippen LogP contribution in [0.2, 0.25) is 0 Å². The van der Waals surface area contributed by atoms with Crippen LogP contribution in [0.1, 0.15) is 40.5 Å². The zero-order valence-electron chi connectivity index (χ0n) is 38.8. The van der Waals surface area contributed by atoms with Gasteiger partial charge < -0.3 is 20.1 Å². The maximum atomic E-state index is 14.7. The average molecular weight is 949 g/mol. The highest BCUT2D eigenvalue weighted by Gasteiger charge is 2.36. The molecule has 4 amide bonds. The van der Waals surface area contributed by atoms with Crippen molar-refractivity contribution >= 4 is 92.4 Å². The van der Waals surface area contributed by atoms with Gasteiger partial charge in [-0.15, -0.1) is 0 Å². The van der Waals surface area contributed by atoms with Crippen LogP contribution in [0.3, 0.4) is 0 Å². The quantitative estimate of drug-likeness (QED) is 0.0209. The first-order valence-electron chi connectivity index (χ1n) is 22.5. The zero-order chi connectivity index (χ0) is 48.2. The largest absolute Gasteiger partial charge is 0.462 e. The molecule has 14 heteroatoms. The molecule has 0 aliphatic rings. The van der Waals surface area contributed by atoms with E-state index in [1.54, 1.807) is 52.0 Å². The van der Waals surface area contributed by atoms with Gasteiger partial charge >= 0.3 is 24.0 Å². The van der Waals surface area contributed by atoms with Crippen LogP contribution < -0.4 is 42.7 Å². The number of para-hydroxylation sites is 2. The van der Waals surface area contributed by atoms with E-state index in [9.17, 15) is 19.2 Å². The lowest BCUT2D eigenvalue weighted by molar-refractivity contribution is -0.135. The summed E-state index contributed by atoms with van der Waals surface area (Å²) in [6, 6.07) is 56.8. The van der Waals surface area contributed by atoms with Gasteiger partial charge in [0.2, 0.25) is 0 Å². The molecule has 0 aromatic heterocycles. The normalized spacial score (nSPS) is 11.7. The molecular formula is C54H58N6O6P2. The van der Waals surface area contributed by atoms with Crippen LogP contribution in [0.15, 0.2) is 192 Å². The van der Waals surface area contributed by atoms with Gasteiger partial charge in [-0.3, -0.25) is 0 Å². The molecule has 0 aliphatic carbocycles. The number of anilines is 2. The Morgan fingerprint density at radius 2 is 0.691 bits per heavy atom. The zero-order valence-corrected chi connectivity index (χ0v) is 40.6. The maximum absolute atomic E-state index is 14.7. The summed E-state index contributed by atoms with van der Waals surface area (Å²) < 4.78 is 11.8. The molecular weight excluding hydrogens is 891 g/mol. The standard InChI is InChI=1S/C54H58N6O6P2/c1-5-65-51(61)49(41(3)57-59-53(63)55-43-27-13-7-14-28-43)67(45-31-17-9-18-32-45,46-33-19-10-20-34-46)39-25-26-40-68(47-35-21-11-22-36-47,48-37-23-12-24-38-48)50(52(62)66-6-2)42(4)58-60-54(64)56-44-29-15-8-16-30-44/h7-24,27-38H,5-6,25-26,39-40H2,1-4H3,(H2,55,59,63)(H2,56,60,64)/b57-41+,58-42+. The van der Waals surface area contributed by atoms with Crippen LogP contribution in [0.5, 0.6) is 0 Å². The highest BCUT2D eigenvalue weighted by atomic mass is 31.2. The fourth-order valence-corrected chi connectivity index (χ4v) is 17.5. The molecule has 0 unspecified atom stereocenters. The van der Waals surface area contributed by atoms with E-state index in [-0.39, 0.29) is 13.2 Å². The Bertz CT molecular complexity index is 2530. The van der Waals surface area contributed by atoms with E-state index < -0.39 is 37.8 Å². The molecule has 6 aromatic rings. The van der Waals surface area contributed by atoms with Crippen LogP contribution >= 0.6 is 13.8 Å². The molecule has 0 saturated heterocycles. The molecule has 68 heavy (non-hydrogen) atoms. The van der Waals surface area contributed by atoms with Gasteiger partial charge in [0.1, 0.15) is 0 Å². The van der Waals surface area contributed by atoms with Crippen LogP contribution in [0.25, 0.3) is 0 Å². The van der Waals surface area contributed by atoms with E-state index >= 15 is 0 Å². The summed E-state index contributed by atoms with van der Waals surface area (Å²) in [6.45, 7) is 1.33. The third-order valence-electron chi connectivity index (χ3n) is 11.1. The molecule has 0 spiro atoms. The fraction of sp³-hybridized carbons (Fsp3) is 0.185. The van der Waals surface area contributed by atoms with E-state index in [1.165, 1.54) is 0 Å². The number of rotatable bonds is 19. The summed E-state index contributed by atoms with van der Waals surface area (Å²) >= 11 is 0. The van der Waals surface area contributed by atoms with Gasteiger partial charge in [0.25, 0.3) is 0 Å². The Morgan fingerprint density at radius 3 is 0.956 bits per heavy atom. The van der Waals surface area contributed by atoms with Crippen molar-refractivity contribution in [1.82, 2.24) is 10.9 Å². The van der Waals surface area contributed by atoms with Gasteiger partial charge in [-0.05, 0) is 112 Å². The van der Waals surface area contributed by atoms with Crippen molar-refractivity contribution in [2.75, 3.05) is 36.2 Å². The first kappa shape index (κ1) is 50.2. The van der Waals surface area contributed by atoms with Crippen LogP contribution in [-0.2, 0) is 19.1 Å². The number of nitrogens with zero attached hydrogens (tertiary/aromatic N) is 2. The predicted molar refractivity (Wildman–Crippen MR) is 284 cm³/mol. The number of hydrogen-bond donors (Lipinski definition) is 4. The minimum absolute atomic E-state index is 0.123. The van der Waals surface area contributed by atoms with Crippen molar-refractivity contribution in [2.45, 2.75) is 40.5 Å². The molecule has 0 saturated carbocycles. The second kappa shape index (κ2) is 25.0. The minimum Gasteiger partial charge on any atom is -0.462 e. The third-order valence-corrected chi connectivity index (χ3v) is 20.4. The molecule has 12 nitrogen and oxygen atoms in total. The first-order valence-corrected chi connectivity index (χ1v) is 26.5. The van der Waals surface area contributed by atoms with Crippen molar-refractivity contribution in [2.24, 2.45) is 10.2 Å². The van der Waals surface area contributed by atoms with Crippen LogP contribution in [0, 0.1) is 0 Å². The van der Waals surface area contributed by atoms with Gasteiger partial charge in [0.15, 0.2) is 0 Å². The van der Waals surface area contributed by atoms with Crippen molar-refractivity contribution in [3.05, 3.63) is 182 Å². The Morgan fingerprint density at radius 1 is 0.426 bits per heavy atom. The molecule has 350 valence electrons. The minimum atomic E-state index is -2.95. The number of amides is 4. The number of carbonyl (C=O) groups excluding carboxylic acids is 4. The van der Waals surface area contributed by atoms with Crippen molar-refractivity contribution < 1.29 is 28.7 Å². The Balaban J connectivity index is 1.52. The number of unbranched alkanes of at least 4 members (excludes halogenated alkanes) is 1. The van der Waals surface area contributed by atoms with E-state index in [2.05, 4.69) is 31.7 Å². The number of benzene rings is 6. The Labute approximate surface area is 399 Å². The molecule has 0 bridgehead atoms. The molecule has 0 heterocycles. The molecule has 6 rings (SSSR count). The van der Waals surface area contributed by atoms with E-state index in [4.69, 9.17) is 9.47 Å². The number of ether oxygens (including phenoxy) is 2. The topological polar surface area (TPSA) is 160 Å². The molecule has 0 radical (unpaired) electrons. The monoisotopic (exact) mass is 948 g/mol. The second-order valence-electron chi connectivity index (χ2n) is 15.5. The molecule has 0 atom stereocenters. The summed E-state index contributed by atoms with van der Waals surface area (Å²) in [5, 5.41) is 19.2. The Hall–Kier alpha value is -7.26. The number of nitrogens with one attached hydrogen (secondary N) is 4. The second-order valence-corrected chi connectivity index (χ2v) is 22.6. The SMILES string of the molecule is CCOC(=O)C(/C(C)=N/NC(=O)Nc1ccccc1)=P(CCCCP(=C(C(=O)OCC)/C(C)=N/NC(=O)Nc1ccccc1)(c1ccccc1)c1ccccc1)(c1ccccc1)c1ccccc1. The lowest BCUT2D eigenvalue weighted by atomic mass is 10.3. The first-order chi connectivity index (χ1) is 33.1. The third kappa shape index (κ3) is 12.4. The van der Waals surface area contributed by atoms with Crippen molar-refractivity contribution in [3.8, 4) is 0 Å². The number of esters is 2. The number of hydrogen-bond acceptors (Lipinski definition) is 8. The molecule has 4 N–H and O–H groups in total. The lowest BCUT2D eigenvalue weighted by Gasteiger charge is -2.33. The van der Waals surface area contributed by atoms with E-state index in [0.717, 1.165) is 21.2 Å². The van der Waals surface area contributed by atoms with Crippen molar-refractivity contribution in [1.29, 1.82) is 0 Å². The Kier molecular flexibility index (Phi) is 18.5. The van der Waals surface area contributed by atoms with Crippen molar-refractivity contribution in [3.63, 3.8) is 0 Å². The van der Waals surface area contributed by atoms with Crippen LogP contribution in [0.4, 0.5) is 21.0 Å². The van der Waals surface area contributed by atoms with E-state index in [1.807, 2.05) is 158 Å². The van der Waals surface area contributed by atoms with Gasteiger partial charge in [-0.2, -0.15) is 10.2 Å². The molecule has 0 fully saturated rings. The molecule has 6 aromatic carbocycles. The lowest BCUT2D eigenvalue weighted by Crippen LogP contribution is -2.36. The summed E-state index contributed by atoms with van der Waals surface area (Å²) in [7, 11) is 0. The molecule has 0 aliphatic heterocycles. The van der Waals surface area contributed by atoms with Gasteiger partial charge in [0, 0.05) is 11.4 Å². The highest BCUT2D eigenvalue weighted by Crippen LogP contribution is 2.52. The van der Waals surface area contributed by atoms with Crippen LogP contribution in [-0.4, -0.2) is 71.5 Å². The number of hydrazone groups is 2. The van der Waals surface area contributed by atoms with Gasteiger partial charge in [0.05, 0.1) is 35.2 Å². The number of carbonyl (C=O) groups is 4. The summed E-state index contributed by atoms with van der Waals surface area (Å²) in [6.07, 6.45) is 2.18. The summed E-state index contributed by atoms with van der Waals surface area (Å²) in [4.78, 5) is 55.7. The number of urea groups is 2. The summed E-state index contributed by atoms with van der Waals surface area (Å²) in [5.74, 6) is -1.05. The highest BCUT2D eigenvalue weighted by molar-refractivity contribution is 7.92. The van der Waals surface area contributed by atoms with Gasteiger partial charge in [-0.1, -0.05) is 158 Å². The average Bonchev–Trinajstić information content (AvgIpc) is 3.37. The predicted octanol–water partition coefficient (Wildman–Crippen LogP) is 8.97. The smallest absolute Gasteiger partial charge is 0.340 e. The fourth-order valence-electron chi connectivity index (χ4n) is 8.28. The summed E-state index contributed by atoms with van der Waals surface area (Å²) in [5.41, 5.74) is 7.05. The van der Waals surface area contributed by atoms with E-state index in [0.29, 0.717) is 58.6 Å².